The van der Waals surface area contributed by atoms with Crippen molar-refractivity contribution in [2.75, 3.05) is 52.4 Å². The normalized spacial score (nSPS) is 26.3. The number of nitrogens with one attached hydrogen (secondary N) is 2. The molecule has 0 spiro atoms. The molecule has 0 aromatic heterocycles. The molecule has 2 aliphatic rings. The number of carbonyl (C=O) groups excluding carboxylic acids is 2. The van der Waals surface area contributed by atoms with Gasteiger partial charge in [0, 0.05) is 58.1 Å². The third-order valence-corrected chi connectivity index (χ3v) is 6.08. The summed E-state index contributed by atoms with van der Waals surface area (Å²) in [6.07, 6.45) is 1.33. The van der Waals surface area contributed by atoms with E-state index in [1.54, 1.807) is 37.3 Å². The van der Waals surface area contributed by atoms with Crippen molar-refractivity contribution in [1.29, 1.82) is 0 Å². The molecule has 3 atom stereocenters. The maximum atomic E-state index is 13.3. The van der Waals surface area contributed by atoms with Crippen LogP contribution in [0.25, 0.3) is 0 Å². The first-order valence-corrected chi connectivity index (χ1v) is 11.1. The molecule has 8 heteroatoms. The van der Waals surface area contributed by atoms with E-state index in [1.807, 2.05) is 0 Å². The number of hydrogen-bond acceptors (Lipinski definition) is 6. The summed E-state index contributed by atoms with van der Waals surface area (Å²) >= 11 is 0. The number of fused-ring (bicyclic) bond motifs is 1. The fourth-order valence-electron chi connectivity index (χ4n) is 3.94. The number of amides is 2. The van der Waals surface area contributed by atoms with Gasteiger partial charge in [-0.2, -0.15) is 0 Å². The molecule has 1 saturated heterocycles. The maximum absolute atomic E-state index is 13.3. The first-order chi connectivity index (χ1) is 14.9. The van der Waals surface area contributed by atoms with Gasteiger partial charge >= 0.3 is 0 Å². The van der Waals surface area contributed by atoms with Gasteiger partial charge in [-0.15, -0.1) is 0 Å². The number of likely N-dealkylation sites (N-methyl/N-ethyl adjacent to an activating group) is 1. The summed E-state index contributed by atoms with van der Waals surface area (Å²) < 4.78 is 17.0. The maximum Gasteiger partial charge on any atom is 0.257 e. The van der Waals surface area contributed by atoms with E-state index in [0.717, 1.165) is 6.54 Å². The van der Waals surface area contributed by atoms with Crippen LogP contribution < -0.4 is 15.4 Å². The Hall–Kier alpha value is -2.16. The molecule has 3 rings (SSSR count). The van der Waals surface area contributed by atoms with Crippen molar-refractivity contribution >= 4 is 17.5 Å². The molecule has 0 unspecified atom stereocenters. The zero-order valence-electron chi connectivity index (χ0n) is 19.0. The van der Waals surface area contributed by atoms with Crippen molar-refractivity contribution in [3.8, 4) is 5.75 Å². The van der Waals surface area contributed by atoms with Crippen molar-refractivity contribution < 1.29 is 23.8 Å². The number of carbonyl (C=O) groups is 2. The van der Waals surface area contributed by atoms with E-state index in [4.69, 9.17) is 14.2 Å². The Balaban J connectivity index is 1.83. The zero-order valence-corrected chi connectivity index (χ0v) is 19.0. The predicted octanol–water partition coefficient (Wildman–Crippen LogP) is 2.15. The molecular formula is C23H35N3O5. The topological polar surface area (TPSA) is 89.1 Å². The Morgan fingerprint density at radius 3 is 2.71 bits per heavy atom. The number of ether oxygens (including phenoxy) is 3. The first-order valence-electron chi connectivity index (χ1n) is 11.1. The summed E-state index contributed by atoms with van der Waals surface area (Å²) in [5.41, 5.74) is 1.03. The second-order valence-electron chi connectivity index (χ2n) is 8.64. The average Bonchev–Trinajstić information content (AvgIpc) is 2.79. The van der Waals surface area contributed by atoms with E-state index in [9.17, 15) is 9.59 Å². The van der Waals surface area contributed by atoms with Gasteiger partial charge in [0.2, 0.25) is 5.91 Å². The fourth-order valence-corrected chi connectivity index (χ4v) is 3.94. The number of rotatable bonds is 3. The first kappa shape index (κ1) is 23.5. The molecule has 0 aliphatic carbocycles. The zero-order chi connectivity index (χ0) is 22.4. The van der Waals surface area contributed by atoms with Crippen LogP contribution in [0.2, 0.25) is 0 Å². The van der Waals surface area contributed by atoms with Crippen LogP contribution in [0.1, 0.15) is 37.0 Å². The Bertz CT molecular complexity index is 766. The van der Waals surface area contributed by atoms with Gasteiger partial charge in [0.1, 0.15) is 12.4 Å². The highest BCUT2D eigenvalue weighted by atomic mass is 16.5. The number of hydrogen-bond donors (Lipinski definition) is 2. The minimum absolute atomic E-state index is 0.0378. The number of methoxy groups -OCH3 is 1. The molecular weight excluding hydrogens is 398 g/mol. The van der Waals surface area contributed by atoms with E-state index < -0.39 is 0 Å². The van der Waals surface area contributed by atoms with Gasteiger partial charge in [-0.3, -0.25) is 9.59 Å². The molecule has 2 heterocycles. The minimum Gasteiger partial charge on any atom is -0.491 e. The molecule has 0 saturated carbocycles. The second kappa shape index (κ2) is 10.9. The van der Waals surface area contributed by atoms with E-state index in [0.29, 0.717) is 56.2 Å². The quantitative estimate of drug-likeness (QED) is 0.759. The molecule has 0 radical (unpaired) electrons. The van der Waals surface area contributed by atoms with Crippen LogP contribution in [0, 0.1) is 11.8 Å². The van der Waals surface area contributed by atoms with E-state index in [-0.39, 0.29) is 35.8 Å². The summed E-state index contributed by atoms with van der Waals surface area (Å²) in [5.74, 6) is 0.473. The molecule has 1 fully saturated rings. The van der Waals surface area contributed by atoms with Crippen LogP contribution in [0.3, 0.4) is 0 Å². The predicted molar refractivity (Wildman–Crippen MR) is 118 cm³/mol. The summed E-state index contributed by atoms with van der Waals surface area (Å²) in [5, 5.41) is 6.43. The lowest BCUT2D eigenvalue weighted by Crippen LogP contribution is -2.44. The second-order valence-corrected chi connectivity index (χ2v) is 8.64. The fraction of sp³-hybridized carbons (Fsp3) is 0.652. The van der Waals surface area contributed by atoms with Crippen LogP contribution in [-0.4, -0.2) is 75.9 Å². The number of benzene rings is 1. The third-order valence-electron chi connectivity index (χ3n) is 6.08. The summed E-state index contributed by atoms with van der Waals surface area (Å²) in [6, 6.07) is 5.37. The molecule has 1 aromatic rings. The van der Waals surface area contributed by atoms with Crippen molar-refractivity contribution in [2.45, 2.75) is 38.8 Å². The summed E-state index contributed by atoms with van der Waals surface area (Å²) in [6.45, 7) is 7.03. The van der Waals surface area contributed by atoms with Crippen molar-refractivity contribution in [3.05, 3.63) is 23.8 Å². The molecule has 1 aromatic carbocycles. The van der Waals surface area contributed by atoms with Gasteiger partial charge in [-0.05, 0) is 43.9 Å². The van der Waals surface area contributed by atoms with Crippen LogP contribution in [-0.2, 0) is 14.3 Å². The molecule has 31 heavy (non-hydrogen) atoms. The van der Waals surface area contributed by atoms with Gasteiger partial charge in [-0.1, -0.05) is 6.92 Å². The van der Waals surface area contributed by atoms with Gasteiger partial charge in [0.25, 0.3) is 5.91 Å². The SMILES string of the molecule is CO[C@@H]1CN(C)C(=O)c2cc(NC(=O)C3CCOCC3)ccc2OC[C@@H](C)NC[C@H]1C. The standard InChI is InChI=1S/C23H35N3O5/c1-15-12-24-16(2)14-31-20-6-5-18(25-22(27)17-7-9-30-10-8-17)11-19(20)23(28)26(3)13-21(15)29-4/h5-6,11,15-17,21,24H,7-10,12-14H2,1-4H3,(H,25,27)/t15-,16-,21-/m1/s1. The third kappa shape index (κ3) is 6.18. The minimum atomic E-state index is -0.160. The number of anilines is 1. The van der Waals surface area contributed by atoms with Gasteiger partial charge in [-0.25, -0.2) is 0 Å². The monoisotopic (exact) mass is 433 g/mol. The Labute approximate surface area is 184 Å². The number of nitrogens with zero attached hydrogens (tertiary/aromatic N) is 1. The smallest absolute Gasteiger partial charge is 0.257 e. The molecule has 2 N–H and O–H groups in total. The lowest BCUT2D eigenvalue weighted by atomic mass is 9.99. The Kier molecular flexibility index (Phi) is 8.28. The van der Waals surface area contributed by atoms with Crippen LogP contribution in [0.5, 0.6) is 5.75 Å². The Morgan fingerprint density at radius 2 is 2.00 bits per heavy atom. The highest BCUT2D eigenvalue weighted by Crippen LogP contribution is 2.26. The van der Waals surface area contributed by atoms with Crippen LogP contribution >= 0.6 is 0 Å². The molecule has 0 bridgehead atoms. The van der Waals surface area contributed by atoms with Crippen molar-refractivity contribution in [3.63, 3.8) is 0 Å². The lowest BCUT2D eigenvalue weighted by molar-refractivity contribution is -0.122. The molecule has 2 amide bonds. The summed E-state index contributed by atoms with van der Waals surface area (Å²) in [4.78, 5) is 27.6. The molecule has 2 aliphatic heterocycles. The summed E-state index contributed by atoms with van der Waals surface area (Å²) in [7, 11) is 3.44. The van der Waals surface area contributed by atoms with E-state index >= 15 is 0 Å². The van der Waals surface area contributed by atoms with Gasteiger partial charge in [0.05, 0.1) is 11.7 Å². The van der Waals surface area contributed by atoms with Crippen LogP contribution in [0.15, 0.2) is 18.2 Å². The Morgan fingerprint density at radius 1 is 1.26 bits per heavy atom. The van der Waals surface area contributed by atoms with E-state index in [2.05, 4.69) is 24.5 Å². The lowest BCUT2D eigenvalue weighted by Gasteiger charge is -2.30. The molecule has 172 valence electrons. The van der Waals surface area contributed by atoms with Crippen LogP contribution in [0.4, 0.5) is 5.69 Å². The van der Waals surface area contributed by atoms with Gasteiger partial charge in [0.15, 0.2) is 0 Å². The van der Waals surface area contributed by atoms with Gasteiger partial charge < -0.3 is 29.7 Å². The highest BCUT2D eigenvalue weighted by Gasteiger charge is 2.26. The molecule has 8 nitrogen and oxygen atoms in total. The van der Waals surface area contributed by atoms with E-state index in [1.165, 1.54) is 0 Å². The highest BCUT2D eigenvalue weighted by molar-refractivity contribution is 5.99. The largest absolute Gasteiger partial charge is 0.491 e. The van der Waals surface area contributed by atoms with Crippen molar-refractivity contribution in [2.24, 2.45) is 11.8 Å². The van der Waals surface area contributed by atoms with Crippen molar-refractivity contribution in [1.82, 2.24) is 10.2 Å². The average molecular weight is 434 g/mol.